The van der Waals surface area contributed by atoms with Crippen molar-refractivity contribution in [2.75, 3.05) is 0 Å². The average molecular weight is 416 g/mol. The fraction of sp³-hybridized carbons (Fsp3) is 0.158. The van der Waals surface area contributed by atoms with E-state index in [0.29, 0.717) is 27.0 Å². The second kappa shape index (κ2) is 8.37. The molecule has 0 bridgehead atoms. The smallest absolute Gasteiger partial charge is 0.268 e. The number of hydrazine groups is 1. The molecule has 3 rings (SSSR count). The van der Waals surface area contributed by atoms with Crippen molar-refractivity contribution in [3.63, 3.8) is 0 Å². The second-order valence-corrected chi connectivity index (χ2v) is 7.35. The molecule has 2 heterocycles. The number of hydrogen-bond donors (Lipinski definition) is 2. The van der Waals surface area contributed by atoms with Crippen molar-refractivity contribution in [2.45, 2.75) is 13.8 Å². The molecule has 9 heteroatoms. The van der Waals surface area contributed by atoms with Crippen molar-refractivity contribution < 1.29 is 9.59 Å². The van der Waals surface area contributed by atoms with Crippen molar-refractivity contribution in [1.82, 2.24) is 25.6 Å². The minimum absolute atomic E-state index is 0.422. The van der Waals surface area contributed by atoms with Gasteiger partial charge >= 0.3 is 0 Å². The Kier molecular flexibility index (Phi) is 5.91. The van der Waals surface area contributed by atoms with Crippen LogP contribution in [0.25, 0.3) is 16.6 Å². The number of carbonyl (C=O) groups is 2. The van der Waals surface area contributed by atoms with Gasteiger partial charge in [-0.2, -0.15) is 5.10 Å². The van der Waals surface area contributed by atoms with Crippen LogP contribution in [0.2, 0.25) is 5.15 Å². The van der Waals surface area contributed by atoms with E-state index in [1.807, 2.05) is 30.3 Å². The fourth-order valence-electron chi connectivity index (χ4n) is 2.52. The van der Waals surface area contributed by atoms with Crippen molar-refractivity contribution in [3.05, 3.63) is 63.4 Å². The third-order valence-corrected chi connectivity index (χ3v) is 5.57. The topological polar surface area (TPSA) is 88.9 Å². The van der Waals surface area contributed by atoms with Crippen LogP contribution in [0.4, 0.5) is 0 Å². The maximum Gasteiger partial charge on any atom is 0.281 e. The third kappa shape index (κ3) is 4.29. The van der Waals surface area contributed by atoms with Crippen molar-refractivity contribution in [1.29, 1.82) is 0 Å². The lowest BCUT2D eigenvalue weighted by atomic mass is 10.2. The van der Waals surface area contributed by atoms with Crippen LogP contribution >= 0.6 is 22.9 Å². The molecule has 2 N–H and O–H groups in total. The van der Waals surface area contributed by atoms with Crippen LogP contribution in [0, 0.1) is 13.8 Å². The third-order valence-electron chi connectivity index (χ3n) is 3.92. The fourth-order valence-corrected chi connectivity index (χ4v) is 3.73. The maximum absolute atomic E-state index is 12.4. The summed E-state index contributed by atoms with van der Waals surface area (Å²) in [4.78, 5) is 29.3. The predicted octanol–water partition coefficient (Wildman–Crippen LogP) is 3.29. The van der Waals surface area contributed by atoms with Crippen molar-refractivity contribution in [3.8, 4) is 10.6 Å². The molecule has 0 saturated heterocycles. The summed E-state index contributed by atoms with van der Waals surface area (Å²) in [6.07, 6.45) is 2.84. The lowest BCUT2D eigenvalue weighted by Crippen LogP contribution is -2.40. The van der Waals surface area contributed by atoms with Gasteiger partial charge in [0.1, 0.15) is 15.0 Å². The van der Waals surface area contributed by atoms with Gasteiger partial charge in [0, 0.05) is 24.3 Å². The number of rotatable bonds is 4. The Morgan fingerprint density at radius 2 is 1.86 bits per heavy atom. The molecule has 2 aromatic heterocycles. The Hall–Kier alpha value is -2.97. The molecule has 0 saturated carbocycles. The van der Waals surface area contributed by atoms with E-state index < -0.39 is 11.8 Å². The van der Waals surface area contributed by atoms with Crippen LogP contribution in [-0.2, 0) is 11.8 Å². The molecule has 0 spiro atoms. The number of nitrogens with zero attached hydrogens (tertiary/aromatic N) is 3. The molecular formula is C19H18ClN5O2S. The van der Waals surface area contributed by atoms with E-state index in [1.165, 1.54) is 22.1 Å². The lowest BCUT2D eigenvalue weighted by molar-refractivity contribution is -0.117. The minimum Gasteiger partial charge on any atom is -0.268 e. The van der Waals surface area contributed by atoms with Gasteiger partial charge in [-0.05, 0) is 19.9 Å². The van der Waals surface area contributed by atoms with Gasteiger partial charge in [0.15, 0.2) is 0 Å². The van der Waals surface area contributed by atoms with Crippen LogP contribution in [0.5, 0.6) is 0 Å². The Labute approximate surface area is 171 Å². The summed E-state index contributed by atoms with van der Waals surface area (Å²) >= 11 is 7.39. The van der Waals surface area contributed by atoms with E-state index in [9.17, 15) is 9.59 Å². The van der Waals surface area contributed by atoms with Gasteiger partial charge in [-0.15, -0.1) is 11.3 Å². The summed E-state index contributed by atoms with van der Waals surface area (Å²) in [6.45, 7) is 3.55. The minimum atomic E-state index is -0.488. The average Bonchev–Trinajstić information content (AvgIpc) is 3.18. The molecule has 144 valence electrons. The number of aryl methyl sites for hydroxylation is 3. The zero-order valence-electron chi connectivity index (χ0n) is 15.5. The van der Waals surface area contributed by atoms with Gasteiger partial charge in [-0.3, -0.25) is 25.1 Å². The number of benzene rings is 1. The largest absolute Gasteiger partial charge is 0.281 e. The van der Waals surface area contributed by atoms with Crippen LogP contribution in [0.1, 0.15) is 26.6 Å². The summed E-state index contributed by atoms with van der Waals surface area (Å²) in [5.41, 5.74) is 7.65. The lowest BCUT2D eigenvalue weighted by Gasteiger charge is -2.03. The Bertz CT molecular complexity index is 1060. The number of thiazole rings is 1. The number of hydrogen-bond acceptors (Lipinski definition) is 5. The van der Waals surface area contributed by atoms with E-state index in [2.05, 4.69) is 20.9 Å². The number of nitrogens with one attached hydrogen (secondary N) is 2. The Morgan fingerprint density at radius 3 is 2.50 bits per heavy atom. The van der Waals surface area contributed by atoms with Gasteiger partial charge in [-0.1, -0.05) is 41.9 Å². The molecule has 3 aromatic rings. The van der Waals surface area contributed by atoms with Crippen molar-refractivity contribution >= 4 is 40.8 Å². The van der Waals surface area contributed by atoms with Gasteiger partial charge < -0.3 is 0 Å². The highest BCUT2D eigenvalue weighted by molar-refractivity contribution is 7.17. The zero-order chi connectivity index (χ0) is 20.3. The van der Waals surface area contributed by atoms with Gasteiger partial charge in [0.2, 0.25) is 0 Å². The molecule has 0 atom stereocenters. The number of aromatic nitrogens is 3. The van der Waals surface area contributed by atoms with E-state index in [-0.39, 0.29) is 0 Å². The second-order valence-electron chi connectivity index (χ2n) is 5.99. The van der Waals surface area contributed by atoms with Crippen LogP contribution < -0.4 is 10.9 Å². The van der Waals surface area contributed by atoms with Crippen molar-refractivity contribution in [2.24, 2.45) is 7.05 Å². The zero-order valence-corrected chi connectivity index (χ0v) is 17.1. The normalized spacial score (nSPS) is 11.0. The molecule has 1 aromatic carbocycles. The van der Waals surface area contributed by atoms with Gasteiger partial charge in [-0.25, -0.2) is 4.98 Å². The molecular weight excluding hydrogens is 398 g/mol. The quantitative estimate of drug-likeness (QED) is 0.505. The van der Waals surface area contributed by atoms with E-state index in [0.717, 1.165) is 10.6 Å². The van der Waals surface area contributed by atoms with E-state index in [4.69, 9.17) is 11.6 Å². The number of amides is 2. The molecule has 28 heavy (non-hydrogen) atoms. The number of halogens is 1. The van der Waals surface area contributed by atoms with Crippen LogP contribution in [-0.4, -0.2) is 26.6 Å². The van der Waals surface area contributed by atoms with Crippen LogP contribution in [0.15, 0.2) is 36.4 Å². The first-order valence-electron chi connectivity index (χ1n) is 8.37. The molecule has 0 unspecified atom stereocenters. The van der Waals surface area contributed by atoms with E-state index in [1.54, 1.807) is 27.0 Å². The molecule has 0 aliphatic rings. The van der Waals surface area contributed by atoms with Crippen LogP contribution in [0.3, 0.4) is 0 Å². The summed E-state index contributed by atoms with van der Waals surface area (Å²) in [5, 5.41) is 5.34. The summed E-state index contributed by atoms with van der Waals surface area (Å²) in [7, 11) is 1.72. The first-order chi connectivity index (χ1) is 13.4. The highest BCUT2D eigenvalue weighted by Gasteiger charge is 2.16. The van der Waals surface area contributed by atoms with Gasteiger partial charge in [0.25, 0.3) is 11.8 Å². The first kappa shape index (κ1) is 19.8. The molecule has 0 aliphatic carbocycles. The Morgan fingerprint density at radius 1 is 1.14 bits per heavy atom. The first-order valence-corrected chi connectivity index (χ1v) is 9.56. The summed E-state index contributed by atoms with van der Waals surface area (Å²) in [5.74, 6) is -0.910. The monoisotopic (exact) mass is 415 g/mol. The molecule has 0 aliphatic heterocycles. The highest BCUT2D eigenvalue weighted by atomic mass is 35.5. The maximum atomic E-state index is 12.4. The molecule has 7 nitrogen and oxygen atoms in total. The summed E-state index contributed by atoms with van der Waals surface area (Å²) in [6, 6.07) is 9.60. The highest BCUT2D eigenvalue weighted by Crippen LogP contribution is 2.27. The molecule has 2 amide bonds. The predicted molar refractivity (Wildman–Crippen MR) is 110 cm³/mol. The standard InChI is InChI=1S/C19H18ClN5O2S/c1-11-14(17(20)25(3)24-11)9-10-15(26)22-23-18(27)16-12(2)21-19(28-16)13-7-5-4-6-8-13/h4-10H,1-3H3,(H,22,26)(H,23,27)/b10-9+. The SMILES string of the molecule is Cc1nc(-c2ccccc2)sc1C(=O)NNC(=O)/C=C/c1c(C)nn(C)c1Cl. The van der Waals surface area contributed by atoms with E-state index >= 15 is 0 Å². The molecule has 0 radical (unpaired) electrons. The Balaban J connectivity index is 1.63. The van der Waals surface area contributed by atoms with Gasteiger partial charge in [0.05, 0.1) is 11.4 Å². The number of carbonyl (C=O) groups excluding carboxylic acids is 2. The summed E-state index contributed by atoms with van der Waals surface area (Å²) < 4.78 is 1.52. The molecule has 0 fully saturated rings.